The second-order valence-electron chi connectivity index (χ2n) is 4.81. The first kappa shape index (κ1) is 16.3. The number of aromatic nitrogens is 3. The third-order valence-corrected chi connectivity index (χ3v) is 5.05. The highest BCUT2D eigenvalue weighted by Gasteiger charge is 2.20. The van der Waals surface area contributed by atoms with Crippen molar-refractivity contribution in [3.63, 3.8) is 0 Å². The van der Waals surface area contributed by atoms with Gasteiger partial charge in [-0.25, -0.2) is 8.42 Å². The summed E-state index contributed by atoms with van der Waals surface area (Å²) < 4.78 is 32.5. The fourth-order valence-electron chi connectivity index (χ4n) is 2.05. The Labute approximate surface area is 143 Å². The number of nitrogens with one attached hydrogen (secondary N) is 2. The van der Waals surface area contributed by atoms with E-state index in [0.717, 1.165) is 5.56 Å². The standard InChI is InChI=1S/C15H13ClN4O3S/c1-23-11-4-5-12(16)14(7-11)24(21,22)20-15-8-13(18-19-15)10-3-2-6-17-9-10/h2-9H,1H3,(H2,18,19,20). The molecule has 2 aromatic heterocycles. The van der Waals surface area contributed by atoms with Crippen LogP contribution in [0.3, 0.4) is 0 Å². The van der Waals surface area contributed by atoms with Crippen molar-refractivity contribution in [3.8, 4) is 17.0 Å². The summed E-state index contributed by atoms with van der Waals surface area (Å²) in [6.07, 6.45) is 3.29. The molecule has 0 atom stereocenters. The van der Waals surface area contributed by atoms with Crippen LogP contribution in [0, 0.1) is 0 Å². The van der Waals surface area contributed by atoms with Gasteiger partial charge in [-0.05, 0) is 24.3 Å². The van der Waals surface area contributed by atoms with E-state index in [1.807, 2.05) is 6.07 Å². The Kier molecular flexibility index (Phi) is 4.41. The second-order valence-corrected chi connectivity index (χ2v) is 6.87. The van der Waals surface area contributed by atoms with Crippen LogP contribution < -0.4 is 9.46 Å². The lowest BCUT2D eigenvalue weighted by Gasteiger charge is -2.08. The van der Waals surface area contributed by atoms with E-state index in [9.17, 15) is 8.42 Å². The maximum Gasteiger partial charge on any atom is 0.264 e. The normalized spacial score (nSPS) is 11.2. The smallest absolute Gasteiger partial charge is 0.264 e. The highest BCUT2D eigenvalue weighted by atomic mass is 35.5. The van der Waals surface area contributed by atoms with E-state index in [4.69, 9.17) is 16.3 Å². The van der Waals surface area contributed by atoms with Crippen molar-refractivity contribution in [2.45, 2.75) is 4.90 Å². The Bertz CT molecular complexity index is 958. The van der Waals surface area contributed by atoms with E-state index in [0.29, 0.717) is 11.4 Å². The van der Waals surface area contributed by atoms with Crippen LogP contribution in [0.25, 0.3) is 11.3 Å². The van der Waals surface area contributed by atoms with Crippen LogP contribution in [-0.2, 0) is 10.0 Å². The molecule has 0 radical (unpaired) electrons. The van der Waals surface area contributed by atoms with Gasteiger partial charge < -0.3 is 4.74 Å². The number of hydrogen-bond acceptors (Lipinski definition) is 5. The van der Waals surface area contributed by atoms with Crippen LogP contribution in [0.2, 0.25) is 5.02 Å². The molecule has 0 aliphatic heterocycles. The first-order valence-corrected chi connectivity index (χ1v) is 8.68. The highest BCUT2D eigenvalue weighted by molar-refractivity contribution is 7.92. The van der Waals surface area contributed by atoms with Crippen molar-refractivity contribution in [1.82, 2.24) is 15.2 Å². The molecule has 0 unspecified atom stereocenters. The number of ether oxygens (including phenoxy) is 1. The molecule has 0 saturated carbocycles. The van der Waals surface area contributed by atoms with Crippen LogP contribution >= 0.6 is 11.6 Å². The van der Waals surface area contributed by atoms with Crippen molar-refractivity contribution >= 4 is 27.4 Å². The van der Waals surface area contributed by atoms with Gasteiger partial charge in [0, 0.05) is 30.1 Å². The molecule has 0 aliphatic carbocycles. The molecule has 1 aromatic carbocycles. The minimum absolute atomic E-state index is 0.0885. The van der Waals surface area contributed by atoms with Gasteiger partial charge in [-0.2, -0.15) is 5.10 Å². The fraction of sp³-hybridized carbons (Fsp3) is 0.0667. The first-order valence-electron chi connectivity index (χ1n) is 6.82. The molecule has 9 heteroatoms. The summed E-state index contributed by atoms with van der Waals surface area (Å²) in [5, 5.41) is 6.81. The molecule has 2 heterocycles. The number of sulfonamides is 1. The average molecular weight is 365 g/mol. The van der Waals surface area contributed by atoms with E-state index < -0.39 is 10.0 Å². The number of H-pyrrole nitrogens is 1. The van der Waals surface area contributed by atoms with Gasteiger partial charge in [0.15, 0.2) is 5.82 Å². The van der Waals surface area contributed by atoms with Crippen LogP contribution in [0.4, 0.5) is 5.82 Å². The van der Waals surface area contributed by atoms with E-state index in [1.54, 1.807) is 30.6 Å². The molecule has 0 aliphatic rings. The zero-order valence-corrected chi connectivity index (χ0v) is 14.1. The maximum absolute atomic E-state index is 12.5. The van der Waals surface area contributed by atoms with Gasteiger partial charge >= 0.3 is 0 Å². The number of benzene rings is 1. The third kappa shape index (κ3) is 3.34. The molecule has 3 rings (SSSR count). The average Bonchev–Trinajstić information content (AvgIpc) is 3.03. The van der Waals surface area contributed by atoms with Gasteiger partial charge in [-0.1, -0.05) is 11.6 Å². The molecule has 0 saturated heterocycles. The molecule has 0 spiro atoms. The number of methoxy groups -OCH3 is 1. The third-order valence-electron chi connectivity index (χ3n) is 3.22. The molecule has 7 nitrogen and oxygen atoms in total. The molecular weight excluding hydrogens is 352 g/mol. The highest BCUT2D eigenvalue weighted by Crippen LogP contribution is 2.28. The minimum Gasteiger partial charge on any atom is -0.497 e. The first-order chi connectivity index (χ1) is 11.5. The zero-order chi connectivity index (χ0) is 17.2. The number of aromatic amines is 1. The summed E-state index contributed by atoms with van der Waals surface area (Å²) >= 11 is 5.99. The van der Waals surface area contributed by atoms with Gasteiger partial charge in [0.05, 0.1) is 17.8 Å². The Morgan fingerprint density at radius 3 is 2.79 bits per heavy atom. The zero-order valence-electron chi connectivity index (χ0n) is 12.5. The molecule has 0 bridgehead atoms. The lowest BCUT2D eigenvalue weighted by Crippen LogP contribution is -2.13. The number of rotatable bonds is 5. The van der Waals surface area contributed by atoms with E-state index in [-0.39, 0.29) is 15.7 Å². The Morgan fingerprint density at radius 2 is 2.08 bits per heavy atom. The lowest BCUT2D eigenvalue weighted by molar-refractivity contribution is 0.413. The number of hydrogen-bond donors (Lipinski definition) is 2. The van der Waals surface area contributed by atoms with E-state index >= 15 is 0 Å². The summed E-state index contributed by atoms with van der Waals surface area (Å²) in [5.41, 5.74) is 1.42. The Morgan fingerprint density at radius 1 is 1.25 bits per heavy atom. The second kappa shape index (κ2) is 6.50. The topological polar surface area (TPSA) is 97.0 Å². The lowest BCUT2D eigenvalue weighted by atomic mass is 10.2. The molecule has 3 aromatic rings. The van der Waals surface area contributed by atoms with Crippen LogP contribution in [-0.4, -0.2) is 30.7 Å². The maximum atomic E-state index is 12.5. The van der Waals surface area contributed by atoms with Gasteiger partial charge in [-0.15, -0.1) is 0 Å². The molecule has 2 N–H and O–H groups in total. The summed E-state index contributed by atoms with van der Waals surface area (Å²) in [5.74, 6) is 0.533. The van der Waals surface area contributed by atoms with Gasteiger partial charge in [-0.3, -0.25) is 14.8 Å². The minimum atomic E-state index is -3.91. The van der Waals surface area contributed by atoms with Crippen molar-refractivity contribution in [2.24, 2.45) is 0 Å². The number of halogens is 1. The van der Waals surface area contributed by atoms with Crippen LogP contribution in [0.1, 0.15) is 0 Å². The van der Waals surface area contributed by atoms with Crippen molar-refractivity contribution < 1.29 is 13.2 Å². The summed E-state index contributed by atoms with van der Waals surface area (Å²) in [7, 11) is -2.46. The van der Waals surface area contributed by atoms with E-state index in [1.165, 1.54) is 19.2 Å². The molecular formula is C15H13ClN4O3S. The van der Waals surface area contributed by atoms with Gasteiger partial charge in [0.2, 0.25) is 0 Å². The van der Waals surface area contributed by atoms with Gasteiger partial charge in [0.1, 0.15) is 10.6 Å². The predicted octanol–water partition coefficient (Wildman–Crippen LogP) is 2.93. The van der Waals surface area contributed by atoms with Gasteiger partial charge in [0.25, 0.3) is 10.0 Å². The molecule has 24 heavy (non-hydrogen) atoms. The SMILES string of the molecule is COc1ccc(Cl)c(S(=O)(=O)Nc2cc(-c3cccnc3)[nH]n2)c1. The number of pyridine rings is 1. The monoisotopic (exact) mass is 364 g/mol. The van der Waals surface area contributed by atoms with Crippen LogP contribution in [0.15, 0.2) is 53.7 Å². The van der Waals surface area contributed by atoms with Crippen molar-refractivity contribution in [3.05, 3.63) is 53.8 Å². The molecule has 0 fully saturated rings. The fourth-order valence-corrected chi connectivity index (χ4v) is 3.56. The Balaban J connectivity index is 1.89. The number of nitrogens with zero attached hydrogens (tertiary/aromatic N) is 2. The quantitative estimate of drug-likeness (QED) is 0.725. The Hall–Kier alpha value is -2.58. The predicted molar refractivity (Wildman–Crippen MR) is 90.6 cm³/mol. The largest absolute Gasteiger partial charge is 0.497 e. The molecule has 124 valence electrons. The van der Waals surface area contributed by atoms with Crippen molar-refractivity contribution in [2.75, 3.05) is 11.8 Å². The summed E-state index contributed by atoms with van der Waals surface area (Å²) in [6.45, 7) is 0. The molecule has 0 amide bonds. The van der Waals surface area contributed by atoms with Crippen molar-refractivity contribution in [1.29, 1.82) is 0 Å². The summed E-state index contributed by atoms with van der Waals surface area (Å²) in [4.78, 5) is 3.92. The van der Waals surface area contributed by atoms with E-state index in [2.05, 4.69) is 19.9 Å². The number of anilines is 1. The van der Waals surface area contributed by atoms with Crippen LogP contribution in [0.5, 0.6) is 5.75 Å². The summed E-state index contributed by atoms with van der Waals surface area (Å²) in [6, 6.07) is 9.56.